The van der Waals surface area contributed by atoms with E-state index in [1.165, 1.54) is 63.4 Å². The Labute approximate surface area is 221 Å². The lowest BCUT2D eigenvalue weighted by molar-refractivity contribution is 1.35. The lowest BCUT2D eigenvalue weighted by Crippen LogP contribution is -1.91. The summed E-state index contributed by atoms with van der Waals surface area (Å²) in [7, 11) is 0. The Kier molecular flexibility index (Phi) is 6.31. The van der Waals surface area contributed by atoms with Gasteiger partial charge in [-0.05, 0) is 71.8 Å². The number of hydrogen-bond donors (Lipinski definition) is 0. The molecule has 0 bridgehead atoms. The van der Waals surface area contributed by atoms with Crippen LogP contribution in [0, 0.1) is 13.8 Å². The van der Waals surface area contributed by atoms with Crippen molar-refractivity contribution >= 4 is 45.1 Å². The zero-order valence-electron chi connectivity index (χ0n) is 20.4. The Morgan fingerprint density at radius 3 is 1.19 bits per heavy atom. The van der Waals surface area contributed by atoms with Crippen molar-refractivity contribution in [3.05, 3.63) is 132 Å². The summed E-state index contributed by atoms with van der Waals surface area (Å²) in [5.41, 5.74) is 5.18. The van der Waals surface area contributed by atoms with Crippen molar-refractivity contribution < 1.29 is 0 Å². The van der Waals surface area contributed by atoms with Gasteiger partial charge < -0.3 is 0 Å². The molecule has 0 N–H and O–H groups in total. The summed E-state index contributed by atoms with van der Waals surface area (Å²) >= 11 is 3.70. The third-order valence-electron chi connectivity index (χ3n) is 6.53. The summed E-state index contributed by atoms with van der Waals surface area (Å²) in [6.45, 7) is 4.28. The molecule has 0 saturated carbocycles. The Bertz CT molecular complexity index is 1550. The van der Waals surface area contributed by atoms with E-state index in [0.717, 1.165) is 0 Å². The smallest absolute Gasteiger partial charge is 0.0207 e. The highest BCUT2D eigenvalue weighted by atomic mass is 32.2. The lowest BCUT2D eigenvalue weighted by Gasteiger charge is -2.19. The second kappa shape index (κ2) is 9.89. The van der Waals surface area contributed by atoms with Crippen LogP contribution in [0.2, 0.25) is 0 Å². The topological polar surface area (TPSA) is 0 Å². The van der Waals surface area contributed by atoms with Crippen molar-refractivity contribution in [2.24, 2.45) is 0 Å². The molecule has 6 aromatic carbocycles. The monoisotopic (exact) mass is 498 g/mol. The molecule has 0 amide bonds. The van der Waals surface area contributed by atoms with Crippen LogP contribution in [0.3, 0.4) is 0 Å². The molecule has 0 heterocycles. The summed E-state index contributed by atoms with van der Waals surface area (Å²) in [6, 6.07) is 44.3. The molecule has 0 spiro atoms. The van der Waals surface area contributed by atoms with Crippen LogP contribution in [0.1, 0.15) is 11.1 Å². The predicted molar refractivity (Wildman–Crippen MR) is 157 cm³/mol. The summed E-state index contributed by atoms with van der Waals surface area (Å²) in [5.74, 6) is 0. The van der Waals surface area contributed by atoms with E-state index in [2.05, 4.69) is 135 Å². The van der Waals surface area contributed by atoms with Gasteiger partial charge in [0, 0.05) is 30.7 Å². The number of benzene rings is 6. The van der Waals surface area contributed by atoms with Crippen molar-refractivity contribution in [1.29, 1.82) is 0 Å². The van der Waals surface area contributed by atoms with Gasteiger partial charge in [0.25, 0.3) is 0 Å². The van der Waals surface area contributed by atoms with Crippen LogP contribution in [0.15, 0.2) is 141 Å². The van der Waals surface area contributed by atoms with Crippen LogP contribution in [0.5, 0.6) is 0 Å². The highest BCUT2D eigenvalue weighted by molar-refractivity contribution is 8.00. The van der Waals surface area contributed by atoms with Gasteiger partial charge in [0.1, 0.15) is 0 Å². The molecule has 0 aliphatic rings. The number of rotatable bonds is 5. The van der Waals surface area contributed by atoms with E-state index < -0.39 is 0 Å². The summed E-state index contributed by atoms with van der Waals surface area (Å²) in [4.78, 5) is 5.06. The van der Waals surface area contributed by atoms with Gasteiger partial charge in [0.2, 0.25) is 0 Å². The van der Waals surface area contributed by atoms with E-state index in [-0.39, 0.29) is 0 Å². The number of fused-ring (bicyclic) bond motifs is 2. The molecule has 0 aromatic heterocycles. The van der Waals surface area contributed by atoms with Crippen LogP contribution >= 0.6 is 23.5 Å². The third kappa shape index (κ3) is 4.55. The normalized spacial score (nSPS) is 11.3. The maximum atomic E-state index is 2.30. The lowest BCUT2D eigenvalue weighted by atomic mass is 9.94. The molecule has 6 rings (SSSR count). The van der Waals surface area contributed by atoms with Gasteiger partial charge in [0.15, 0.2) is 0 Å². The van der Waals surface area contributed by atoms with Crippen molar-refractivity contribution in [2.45, 2.75) is 33.4 Å². The highest BCUT2D eigenvalue weighted by Gasteiger charge is 2.18. The molecular weight excluding hydrogens is 473 g/mol. The minimum absolute atomic E-state index is 1.25. The number of aryl methyl sites for hydroxylation is 2. The second-order valence-electron chi connectivity index (χ2n) is 9.15. The summed E-state index contributed by atoms with van der Waals surface area (Å²) < 4.78 is 0. The van der Waals surface area contributed by atoms with Gasteiger partial charge in [-0.2, -0.15) is 0 Å². The van der Waals surface area contributed by atoms with E-state index >= 15 is 0 Å². The van der Waals surface area contributed by atoms with Crippen LogP contribution < -0.4 is 0 Å². The van der Waals surface area contributed by atoms with E-state index in [1.807, 2.05) is 23.5 Å². The molecule has 6 aromatic rings. The third-order valence-corrected chi connectivity index (χ3v) is 8.67. The van der Waals surface area contributed by atoms with Gasteiger partial charge in [-0.1, -0.05) is 120 Å². The Balaban J connectivity index is 1.63. The molecule has 0 atom stereocenters. The fraction of sp³-hybridized carbons (Fsp3) is 0.0588. The minimum Gasteiger partial charge on any atom is -0.0894 e. The second-order valence-corrected chi connectivity index (χ2v) is 11.4. The first kappa shape index (κ1) is 23.0. The molecule has 36 heavy (non-hydrogen) atoms. The van der Waals surface area contributed by atoms with E-state index in [9.17, 15) is 0 Å². The number of hydrogen-bond acceptors (Lipinski definition) is 2. The maximum Gasteiger partial charge on any atom is 0.0207 e. The SMILES string of the molecule is Cc1ccc(Sc2ccc3ccccc3c2-c2c(Sc3ccc(C)cc3)ccc3ccccc23)cc1. The molecule has 174 valence electrons. The maximum absolute atomic E-state index is 2.30. The first-order valence-corrected chi connectivity index (χ1v) is 13.8. The van der Waals surface area contributed by atoms with Gasteiger partial charge >= 0.3 is 0 Å². The van der Waals surface area contributed by atoms with Crippen LogP contribution in [-0.4, -0.2) is 0 Å². The van der Waals surface area contributed by atoms with E-state index in [4.69, 9.17) is 0 Å². The van der Waals surface area contributed by atoms with Gasteiger partial charge in [-0.15, -0.1) is 0 Å². The summed E-state index contributed by atoms with van der Waals surface area (Å²) in [6.07, 6.45) is 0. The van der Waals surface area contributed by atoms with Gasteiger partial charge in [-0.3, -0.25) is 0 Å². The molecular formula is C34H26S2. The first-order valence-electron chi connectivity index (χ1n) is 12.2. The first-order chi connectivity index (χ1) is 17.7. The molecule has 0 nitrogen and oxygen atoms in total. The van der Waals surface area contributed by atoms with Crippen molar-refractivity contribution in [1.82, 2.24) is 0 Å². The molecule has 0 aliphatic carbocycles. The van der Waals surface area contributed by atoms with Crippen LogP contribution in [-0.2, 0) is 0 Å². The molecule has 0 saturated heterocycles. The minimum atomic E-state index is 1.25. The van der Waals surface area contributed by atoms with Gasteiger partial charge in [-0.25, -0.2) is 0 Å². The largest absolute Gasteiger partial charge is 0.0894 e. The van der Waals surface area contributed by atoms with Crippen molar-refractivity contribution in [3.63, 3.8) is 0 Å². The zero-order valence-corrected chi connectivity index (χ0v) is 22.0. The van der Waals surface area contributed by atoms with Crippen molar-refractivity contribution in [3.8, 4) is 11.1 Å². The Hall–Kier alpha value is -3.46. The average Bonchev–Trinajstić information content (AvgIpc) is 2.91. The van der Waals surface area contributed by atoms with Gasteiger partial charge in [0.05, 0.1) is 0 Å². The molecule has 0 aliphatic heterocycles. The molecule has 0 radical (unpaired) electrons. The van der Waals surface area contributed by atoms with Crippen LogP contribution in [0.4, 0.5) is 0 Å². The quantitative estimate of drug-likeness (QED) is 0.232. The molecule has 2 heteroatoms. The standard InChI is InChI=1S/C34H26S2/c1-23-11-17-27(18-12-23)35-31-21-15-25-7-3-5-9-29(25)33(31)34-30-10-6-4-8-26(30)16-22-32(34)36-28-19-13-24(2)14-20-28/h3-22H,1-2H3. The van der Waals surface area contributed by atoms with E-state index in [0.29, 0.717) is 0 Å². The van der Waals surface area contributed by atoms with Crippen LogP contribution in [0.25, 0.3) is 32.7 Å². The zero-order chi connectivity index (χ0) is 24.5. The molecule has 0 fully saturated rings. The van der Waals surface area contributed by atoms with E-state index in [1.54, 1.807) is 0 Å². The summed E-state index contributed by atoms with van der Waals surface area (Å²) in [5, 5.41) is 5.10. The fourth-order valence-electron chi connectivity index (χ4n) is 4.66. The molecule has 0 unspecified atom stereocenters. The fourth-order valence-corrected chi connectivity index (χ4v) is 6.61. The average molecular weight is 499 g/mol. The highest BCUT2D eigenvalue weighted by Crippen LogP contribution is 2.47. The van der Waals surface area contributed by atoms with Crippen molar-refractivity contribution in [2.75, 3.05) is 0 Å². The Morgan fingerprint density at radius 2 is 0.778 bits per heavy atom. The Morgan fingerprint density at radius 1 is 0.389 bits per heavy atom. The predicted octanol–water partition coefficient (Wildman–Crippen LogP) is 10.6.